The molecule has 0 radical (unpaired) electrons. The van der Waals surface area contributed by atoms with Crippen molar-refractivity contribution in [2.75, 3.05) is 45.1 Å². The number of anilines is 1. The van der Waals surface area contributed by atoms with Crippen LogP contribution in [0.15, 0.2) is 18.6 Å². The third-order valence-electron chi connectivity index (χ3n) is 4.00. The van der Waals surface area contributed by atoms with E-state index in [-0.39, 0.29) is 5.91 Å². The maximum Gasteiger partial charge on any atom is 0.271 e. The summed E-state index contributed by atoms with van der Waals surface area (Å²) in [5.74, 6) is 5.94. The molecule has 1 aliphatic rings. The van der Waals surface area contributed by atoms with Gasteiger partial charge in [-0.2, -0.15) is 5.10 Å². The summed E-state index contributed by atoms with van der Waals surface area (Å²) in [7, 11) is 1.74. The number of ether oxygens (including phenoxy) is 1. The topological polar surface area (TPSA) is 111 Å². The average Bonchev–Trinajstić information content (AvgIpc) is 3.03. The highest BCUT2D eigenvalue weighted by molar-refractivity contribution is 5.92. The molecular weight excluding hydrogens is 334 g/mol. The Morgan fingerprint density at radius 1 is 1.38 bits per heavy atom. The second kappa shape index (κ2) is 8.42. The summed E-state index contributed by atoms with van der Waals surface area (Å²) in [5, 5.41) is 7.10. The second-order valence-corrected chi connectivity index (χ2v) is 5.82. The molecule has 0 spiro atoms. The monoisotopic (exact) mass is 355 g/mol. The standard InChI is InChI=1S/C17H21N7O2/c1-23-14(3-2-13-11-19-12-21-16(13)18)10-15(22-23)17(25)20-4-5-24-6-8-26-9-7-24/h10-12H,4-9H2,1H3,(H,20,25)(H2,18,19,21). The van der Waals surface area contributed by atoms with Crippen LogP contribution in [0.5, 0.6) is 0 Å². The summed E-state index contributed by atoms with van der Waals surface area (Å²) in [5.41, 5.74) is 7.21. The number of hydrogen-bond donors (Lipinski definition) is 2. The van der Waals surface area contributed by atoms with Crippen LogP contribution in [0.2, 0.25) is 0 Å². The highest BCUT2D eigenvalue weighted by Crippen LogP contribution is 2.05. The molecular formula is C17H21N7O2. The van der Waals surface area contributed by atoms with Crippen molar-refractivity contribution in [3.05, 3.63) is 35.5 Å². The number of carbonyl (C=O) groups excluding carboxylic acids is 1. The van der Waals surface area contributed by atoms with Crippen molar-refractivity contribution in [2.45, 2.75) is 0 Å². The van der Waals surface area contributed by atoms with Gasteiger partial charge in [0.2, 0.25) is 0 Å². The molecule has 0 aliphatic carbocycles. The molecule has 2 aromatic heterocycles. The van der Waals surface area contributed by atoms with Crippen LogP contribution in [0.1, 0.15) is 21.7 Å². The van der Waals surface area contributed by atoms with Gasteiger partial charge in [0.15, 0.2) is 5.69 Å². The van der Waals surface area contributed by atoms with Crippen molar-refractivity contribution in [1.82, 2.24) is 30.0 Å². The van der Waals surface area contributed by atoms with Crippen LogP contribution < -0.4 is 11.1 Å². The van der Waals surface area contributed by atoms with Crippen LogP contribution in [0.3, 0.4) is 0 Å². The lowest BCUT2D eigenvalue weighted by Gasteiger charge is -2.26. The Labute approximate surface area is 151 Å². The number of aryl methyl sites for hydroxylation is 1. The zero-order valence-electron chi connectivity index (χ0n) is 14.6. The molecule has 0 saturated carbocycles. The molecule has 0 unspecified atom stereocenters. The van der Waals surface area contributed by atoms with Gasteiger partial charge in [0.25, 0.3) is 5.91 Å². The number of hydrogen-bond acceptors (Lipinski definition) is 7. The average molecular weight is 355 g/mol. The Hall–Kier alpha value is -2.96. The molecule has 0 aromatic carbocycles. The minimum absolute atomic E-state index is 0.218. The lowest BCUT2D eigenvalue weighted by molar-refractivity contribution is 0.0383. The predicted octanol–water partition coefficient (Wildman–Crippen LogP) is -0.746. The lowest BCUT2D eigenvalue weighted by atomic mass is 10.3. The van der Waals surface area contributed by atoms with Gasteiger partial charge in [0.1, 0.15) is 17.8 Å². The quantitative estimate of drug-likeness (QED) is 0.695. The van der Waals surface area contributed by atoms with E-state index in [9.17, 15) is 4.79 Å². The van der Waals surface area contributed by atoms with E-state index in [0.717, 1.165) is 32.8 Å². The highest BCUT2D eigenvalue weighted by atomic mass is 16.5. The zero-order chi connectivity index (χ0) is 18.4. The van der Waals surface area contributed by atoms with E-state index in [1.165, 1.54) is 6.33 Å². The van der Waals surface area contributed by atoms with Crippen LogP contribution in [0, 0.1) is 11.8 Å². The molecule has 0 atom stereocenters. The van der Waals surface area contributed by atoms with Crippen LogP contribution >= 0.6 is 0 Å². The van der Waals surface area contributed by atoms with E-state index in [1.807, 2.05) is 0 Å². The molecule has 9 heteroatoms. The number of rotatable bonds is 4. The van der Waals surface area contributed by atoms with Gasteiger partial charge < -0.3 is 15.8 Å². The van der Waals surface area contributed by atoms with E-state index in [1.54, 1.807) is 24.0 Å². The van der Waals surface area contributed by atoms with Crippen LogP contribution in [0.4, 0.5) is 5.82 Å². The Kier molecular flexibility index (Phi) is 5.78. The van der Waals surface area contributed by atoms with E-state index in [2.05, 4.69) is 37.1 Å². The minimum atomic E-state index is -0.218. The predicted molar refractivity (Wildman–Crippen MR) is 95.2 cm³/mol. The second-order valence-electron chi connectivity index (χ2n) is 5.82. The first kappa shape index (κ1) is 17.8. The lowest BCUT2D eigenvalue weighted by Crippen LogP contribution is -2.41. The van der Waals surface area contributed by atoms with Gasteiger partial charge in [-0.1, -0.05) is 5.92 Å². The number of morpholine rings is 1. The first-order chi connectivity index (χ1) is 12.6. The summed E-state index contributed by atoms with van der Waals surface area (Å²) in [6, 6.07) is 1.65. The smallest absolute Gasteiger partial charge is 0.271 e. The van der Waals surface area contributed by atoms with Crippen LogP contribution in [-0.2, 0) is 11.8 Å². The van der Waals surface area contributed by atoms with Gasteiger partial charge in [0.05, 0.1) is 18.8 Å². The Balaban J connectivity index is 1.59. The maximum atomic E-state index is 12.3. The summed E-state index contributed by atoms with van der Waals surface area (Å²) in [6.45, 7) is 4.63. The summed E-state index contributed by atoms with van der Waals surface area (Å²) in [6.07, 6.45) is 2.91. The molecule has 3 N–H and O–H groups in total. The van der Waals surface area contributed by atoms with E-state index >= 15 is 0 Å². The summed E-state index contributed by atoms with van der Waals surface area (Å²) in [4.78, 5) is 22.3. The third kappa shape index (κ3) is 4.56. The number of carbonyl (C=O) groups is 1. The summed E-state index contributed by atoms with van der Waals surface area (Å²) < 4.78 is 6.86. The van der Waals surface area contributed by atoms with Gasteiger partial charge in [-0.3, -0.25) is 14.4 Å². The molecule has 1 saturated heterocycles. The van der Waals surface area contributed by atoms with Gasteiger partial charge in [0, 0.05) is 45.5 Å². The van der Waals surface area contributed by atoms with Crippen molar-refractivity contribution in [2.24, 2.45) is 7.05 Å². The SMILES string of the molecule is Cn1nc(C(=O)NCCN2CCOCC2)cc1C#Cc1cncnc1N. The Morgan fingerprint density at radius 3 is 2.96 bits per heavy atom. The largest absolute Gasteiger partial charge is 0.383 e. The van der Waals surface area contributed by atoms with Gasteiger partial charge in [-0.15, -0.1) is 0 Å². The zero-order valence-corrected chi connectivity index (χ0v) is 14.6. The molecule has 1 amide bonds. The van der Waals surface area contributed by atoms with Crippen molar-refractivity contribution < 1.29 is 9.53 Å². The van der Waals surface area contributed by atoms with E-state index in [0.29, 0.717) is 29.3 Å². The number of nitrogens with two attached hydrogens (primary N) is 1. The number of nitrogens with zero attached hydrogens (tertiary/aromatic N) is 5. The summed E-state index contributed by atoms with van der Waals surface area (Å²) >= 11 is 0. The molecule has 3 rings (SSSR count). The molecule has 2 aromatic rings. The van der Waals surface area contributed by atoms with Gasteiger partial charge in [-0.25, -0.2) is 9.97 Å². The van der Waals surface area contributed by atoms with Crippen LogP contribution in [-0.4, -0.2) is 69.9 Å². The fourth-order valence-electron chi connectivity index (χ4n) is 2.50. The fourth-order valence-corrected chi connectivity index (χ4v) is 2.50. The van der Waals surface area contributed by atoms with Gasteiger partial charge in [-0.05, 0) is 5.92 Å². The first-order valence-electron chi connectivity index (χ1n) is 8.33. The Bertz CT molecular complexity index is 831. The van der Waals surface area contributed by atoms with Crippen molar-refractivity contribution >= 4 is 11.7 Å². The molecule has 9 nitrogen and oxygen atoms in total. The van der Waals surface area contributed by atoms with Crippen molar-refractivity contribution in [3.63, 3.8) is 0 Å². The first-order valence-corrected chi connectivity index (χ1v) is 8.33. The molecule has 0 bridgehead atoms. The van der Waals surface area contributed by atoms with E-state index < -0.39 is 0 Å². The minimum Gasteiger partial charge on any atom is -0.383 e. The molecule has 1 aliphatic heterocycles. The molecule has 26 heavy (non-hydrogen) atoms. The van der Waals surface area contributed by atoms with E-state index in [4.69, 9.17) is 10.5 Å². The maximum absolute atomic E-state index is 12.3. The normalized spacial score (nSPS) is 14.5. The Morgan fingerprint density at radius 2 is 2.19 bits per heavy atom. The number of amides is 1. The number of nitrogens with one attached hydrogen (secondary N) is 1. The van der Waals surface area contributed by atoms with Crippen LogP contribution in [0.25, 0.3) is 0 Å². The number of aromatic nitrogens is 4. The molecule has 136 valence electrons. The molecule has 3 heterocycles. The van der Waals surface area contributed by atoms with Crippen molar-refractivity contribution in [3.8, 4) is 11.8 Å². The molecule has 1 fully saturated rings. The third-order valence-corrected chi connectivity index (χ3v) is 4.00. The fraction of sp³-hybridized carbons (Fsp3) is 0.412. The highest BCUT2D eigenvalue weighted by Gasteiger charge is 2.13. The van der Waals surface area contributed by atoms with Gasteiger partial charge >= 0.3 is 0 Å². The number of nitrogen functional groups attached to an aromatic ring is 1. The van der Waals surface area contributed by atoms with Crippen molar-refractivity contribution in [1.29, 1.82) is 0 Å².